The van der Waals surface area contributed by atoms with E-state index in [-0.39, 0.29) is 19.4 Å². The van der Waals surface area contributed by atoms with Gasteiger partial charge in [-0.15, -0.1) is 23.4 Å². The third-order valence-corrected chi connectivity index (χ3v) is 6.43. The number of pyridine rings is 1. The van der Waals surface area contributed by atoms with Crippen LogP contribution in [0.1, 0.15) is 57.1 Å². The van der Waals surface area contributed by atoms with Crippen molar-refractivity contribution in [1.82, 2.24) is 15.2 Å². The third kappa shape index (κ3) is 8.86. The van der Waals surface area contributed by atoms with Crippen molar-refractivity contribution in [3.8, 4) is 11.6 Å². The highest BCUT2D eigenvalue weighted by Gasteiger charge is 2.61. The summed E-state index contributed by atoms with van der Waals surface area (Å²) in [6.07, 6.45) is -9.04. The molecule has 0 fully saturated rings. The molecule has 0 aliphatic rings. The van der Waals surface area contributed by atoms with Gasteiger partial charge in [0, 0.05) is 13.6 Å². The van der Waals surface area contributed by atoms with Gasteiger partial charge in [0.05, 0.1) is 12.3 Å². The van der Waals surface area contributed by atoms with Gasteiger partial charge in [-0.2, -0.15) is 26.3 Å². The Morgan fingerprint density at radius 2 is 1.67 bits per heavy atom. The molecule has 15 heteroatoms. The zero-order valence-corrected chi connectivity index (χ0v) is 25.8. The molecular formula is C31H35F6N5O4. The highest BCUT2D eigenvalue weighted by atomic mass is 19.4. The molecule has 0 spiro atoms. The molecule has 0 aliphatic heterocycles. The number of carbonyl (C=O) groups is 1. The van der Waals surface area contributed by atoms with Crippen LogP contribution < -0.4 is 10.2 Å². The molecule has 0 saturated heterocycles. The minimum Gasteiger partial charge on any atom is -0.444 e. The Morgan fingerprint density at radius 1 is 1.02 bits per heavy atom. The zero-order chi connectivity index (χ0) is 34.3. The fourth-order valence-corrected chi connectivity index (χ4v) is 4.22. The van der Waals surface area contributed by atoms with Gasteiger partial charge in [-0.05, 0) is 51.7 Å². The van der Waals surface area contributed by atoms with E-state index in [1.807, 2.05) is 0 Å². The van der Waals surface area contributed by atoms with E-state index < -0.39 is 77.2 Å². The van der Waals surface area contributed by atoms with Crippen molar-refractivity contribution in [3.05, 3.63) is 78.7 Å². The number of rotatable bonds is 13. The number of hydrogen-bond acceptors (Lipinski definition) is 8. The lowest BCUT2D eigenvalue weighted by Crippen LogP contribution is -2.45. The van der Waals surface area contributed by atoms with E-state index in [1.165, 1.54) is 44.9 Å². The van der Waals surface area contributed by atoms with Crippen LogP contribution >= 0.6 is 0 Å². The van der Waals surface area contributed by atoms with E-state index in [0.29, 0.717) is 11.6 Å². The van der Waals surface area contributed by atoms with Crippen molar-refractivity contribution in [3.63, 3.8) is 0 Å². The molecule has 46 heavy (non-hydrogen) atoms. The fraction of sp³-hybridized carbons (Fsp3) is 0.419. The second-order valence-corrected chi connectivity index (χ2v) is 11.2. The van der Waals surface area contributed by atoms with E-state index in [9.17, 15) is 31.1 Å². The Balaban J connectivity index is 2.24. The molecule has 3 rings (SSSR count). The Labute approximate surface area is 262 Å². The first-order valence-electron chi connectivity index (χ1n) is 14.1. The molecular weight excluding hydrogens is 620 g/mol. The maximum Gasteiger partial charge on any atom is 0.426 e. The van der Waals surface area contributed by atoms with E-state index >= 15 is 0 Å². The molecule has 1 N–H and O–H groups in total. The number of nitrogens with zero attached hydrogens (tertiary/aromatic N) is 4. The molecule has 2 heterocycles. The topological polar surface area (TPSA) is 103 Å². The van der Waals surface area contributed by atoms with Crippen molar-refractivity contribution in [2.24, 2.45) is 0 Å². The first-order chi connectivity index (χ1) is 21.4. The fourth-order valence-electron chi connectivity index (χ4n) is 4.22. The van der Waals surface area contributed by atoms with Crippen LogP contribution in [0.25, 0.3) is 11.6 Å². The number of benzene rings is 1. The summed E-state index contributed by atoms with van der Waals surface area (Å²) in [7, 11) is 1.34. The number of amides is 1. The number of allylic oxidation sites excluding steroid dienone is 1. The average Bonchev–Trinajstić information content (AvgIpc) is 3.44. The molecule has 1 amide bonds. The Bertz CT molecular complexity index is 1500. The van der Waals surface area contributed by atoms with Crippen LogP contribution in [-0.4, -0.2) is 46.6 Å². The van der Waals surface area contributed by atoms with Crippen LogP contribution in [0.5, 0.6) is 0 Å². The second-order valence-electron chi connectivity index (χ2n) is 11.2. The average molecular weight is 656 g/mol. The summed E-state index contributed by atoms with van der Waals surface area (Å²) >= 11 is 0. The Hall–Kier alpha value is -4.40. The molecule has 0 bridgehead atoms. The van der Waals surface area contributed by atoms with E-state index in [1.54, 1.807) is 30.3 Å². The molecule has 0 radical (unpaired) electrons. The summed E-state index contributed by atoms with van der Waals surface area (Å²) in [5, 5.41) is 9.57. The lowest BCUT2D eigenvalue weighted by Gasteiger charge is -2.32. The van der Waals surface area contributed by atoms with Crippen molar-refractivity contribution < 1.29 is 45.0 Å². The van der Waals surface area contributed by atoms with Gasteiger partial charge in [0.15, 0.2) is 5.69 Å². The SMILES string of the molecule is C=CCCN(C)c1nc(-c2nnc(C(CCC=C)(OCc3ccccc3)C(F)(F)F)o2)c(NC(=O)OC(C)(C)C)cc1C(F)(F)F. The van der Waals surface area contributed by atoms with E-state index in [0.717, 1.165) is 0 Å². The van der Waals surface area contributed by atoms with Crippen LogP contribution in [0.3, 0.4) is 0 Å². The van der Waals surface area contributed by atoms with Gasteiger partial charge >= 0.3 is 18.4 Å². The minimum absolute atomic E-state index is 0.0546. The minimum atomic E-state index is -5.09. The standard InChI is InChI=1S/C31H35F6N5O4/c1-7-9-16-29(31(35,36)37,44-19-20-14-12-11-13-15-20)26-41-40-25(45-26)23-22(38-27(43)46-28(3,4)5)18-21(30(32,33)34)24(39-23)42(6)17-10-8-2/h7-8,11-15,18H,1-2,9-10,16-17,19H2,3-6H3,(H,38,43). The monoisotopic (exact) mass is 655 g/mol. The maximum absolute atomic E-state index is 14.9. The van der Waals surface area contributed by atoms with Gasteiger partial charge in [0.25, 0.3) is 11.8 Å². The number of hydrogen-bond donors (Lipinski definition) is 1. The number of ether oxygens (including phenoxy) is 2. The molecule has 2 aromatic heterocycles. The van der Waals surface area contributed by atoms with Crippen LogP contribution in [0, 0.1) is 0 Å². The van der Waals surface area contributed by atoms with Gasteiger partial charge in [-0.3, -0.25) is 5.32 Å². The van der Waals surface area contributed by atoms with Crippen LogP contribution in [0.4, 0.5) is 42.6 Å². The van der Waals surface area contributed by atoms with Crippen LogP contribution in [0.15, 0.2) is 66.1 Å². The molecule has 250 valence electrons. The van der Waals surface area contributed by atoms with Crippen molar-refractivity contribution in [2.45, 2.75) is 70.2 Å². The number of aromatic nitrogens is 3. The first kappa shape index (κ1) is 36.1. The molecule has 1 aromatic carbocycles. The summed E-state index contributed by atoms with van der Waals surface area (Å²) in [6, 6.07) is 8.66. The molecule has 1 atom stereocenters. The Kier molecular flexibility index (Phi) is 11.3. The molecule has 0 saturated carbocycles. The molecule has 9 nitrogen and oxygen atoms in total. The quantitative estimate of drug-likeness (QED) is 0.145. The second kappa shape index (κ2) is 14.4. The molecule has 3 aromatic rings. The smallest absolute Gasteiger partial charge is 0.426 e. The normalized spacial score (nSPS) is 13.5. The largest absolute Gasteiger partial charge is 0.444 e. The predicted octanol–water partition coefficient (Wildman–Crippen LogP) is 8.45. The predicted molar refractivity (Wildman–Crippen MR) is 159 cm³/mol. The summed E-state index contributed by atoms with van der Waals surface area (Å²) < 4.78 is 104. The van der Waals surface area contributed by atoms with Gasteiger partial charge in [0.1, 0.15) is 17.0 Å². The highest BCUT2D eigenvalue weighted by molar-refractivity contribution is 5.90. The summed E-state index contributed by atoms with van der Waals surface area (Å²) in [5.74, 6) is -2.32. The first-order valence-corrected chi connectivity index (χ1v) is 14.1. The van der Waals surface area contributed by atoms with Crippen molar-refractivity contribution in [2.75, 3.05) is 23.8 Å². The Morgan fingerprint density at radius 3 is 2.24 bits per heavy atom. The number of nitrogens with one attached hydrogen (secondary N) is 1. The maximum atomic E-state index is 14.9. The lowest BCUT2D eigenvalue weighted by molar-refractivity contribution is -0.299. The number of halogens is 6. The molecule has 0 aliphatic carbocycles. The highest BCUT2D eigenvalue weighted by Crippen LogP contribution is 2.47. The third-order valence-electron chi connectivity index (χ3n) is 6.43. The van der Waals surface area contributed by atoms with Gasteiger partial charge < -0.3 is 18.8 Å². The summed E-state index contributed by atoms with van der Waals surface area (Å²) in [6.45, 7) is 11.2. The van der Waals surface area contributed by atoms with E-state index in [4.69, 9.17) is 13.9 Å². The van der Waals surface area contributed by atoms with Crippen LogP contribution in [-0.2, 0) is 27.9 Å². The zero-order valence-electron chi connectivity index (χ0n) is 25.8. The van der Waals surface area contributed by atoms with Crippen LogP contribution in [0.2, 0.25) is 0 Å². The van der Waals surface area contributed by atoms with Gasteiger partial charge in [-0.25, -0.2) is 9.78 Å². The lowest BCUT2D eigenvalue weighted by atomic mass is 9.96. The number of anilines is 2. The summed E-state index contributed by atoms with van der Waals surface area (Å²) in [4.78, 5) is 17.9. The van der Waals surface area contributed by atoms with E-state index in [2.05, 4.69) is 33.7 Å². The van der Waals surface area contributed by atoms with Gasteiger partial charge in [0.2, 0.25) is 5.60 Å². The van der Waals surface area contributed by atoms with Gasteiger partial charge in [-0.1, -0.05) is 42.5 Å². The van der Waals surface area contributed by atoms with Crippen molar-refractivity contribution >= 4 is 17.6 Å². The molecule has 1 unspecified atom stereocenters. The number of alkyl halides is 6. The summed E-state index contributed by atoms with van der Waals surface area (Å²) in [5.41, 5.74) is -6.10. The number of carbonyl (C=O) groups excluding carboxylic acids is 1. The van der Waals surface area contributed by atoms with Crippen molar-refractivity contribution in [1.29, 1.82) is 0 Å².